The van der Waals surface area contributed by atoms with Crippen molar-refractivity contribution in [2.45, 2.75) is 39.9 Å². The molecule has 0 heterocycles. The SMILES string of the molecule is CC(C)COC(C)OCCCc1ccccc1. The molecule has 0 aliphatic carbocycles. The molecule has 2 heteroatoms. The Morgan fingerprint density at radius 2 is 1.71 bits per heavy atom. The Hall–Kier alpha value is -0.860. The molecule has 0 aliphatic heterocycles. The predicted molar refractivity (Wildman–Crippen MR) is 71.0 cm³/mol. The second-order valence-electron chi connectivity index (χ2n) is 4.75. The van der Waals surface area contributed by atoms with Gasteiger partial charge in [-0.3, -0.25) is 0 Å². The van der Waals surface area contributed by atoms with Crippen molar-refractivity contribution in [3.8, 4) is 0 Å². The highest BCUT2D eigenvalue weighted by atomic mass is 16.7. The summed E-state index contributed by atoms with van der Waals surface area (Å²) >= 11 is 0. The lowest BCUT2D eigenvalue weighted by atomic mass is 10.1. The minimum absolute atomic E-state index is 0.0897. The lowest BCUT2D eigenvalue weighted by Gasteiger charge is -2.15. The fourth-order valence-electron chi connectivity index (χ4n) is 1.55. The Bertz CT molecular complexity index is 282. The minimum Gasteiger partial charge on any atom is -0.353 e. The van der Waals surface area contributed by atoms with Crippen LogP contribution < -0.4 is 0 Å². The van der Waals surface area contributed by atoms with Gasteiger partial charge in [-0.05, 0) is 31.2 Å². The summed E-state index contributed by atoms with van der Waals surface area (Å²) in [6.45, 7) is 7.77. The summed E-state index contributed by atoms with van der Waals surface area (Å²) in [5.74, 6) is 0.561. The third-order valence-corrected chi connectivity index (χ3v) is 2.47. The van der Waals surface area contributed by atoms with E-state index in [-0.39, 0.29) is 6.29 Å². The van der Waals surface area contributed by atoms with Crippen LogP contribution >= 0.6 is 0 Å². The van der Waals surface area contributed by atoms with Crippen molar-refractivity contribution in [1.29, 1.82) is 0 Å². The molecule has 1 aromatic carbocycles. The van der Waals surface area contributed by atoms with Gasteiger partial charge in [0.1, 0.15) is 0 Å². The molecule has 17 heavy (non-hydrogen) atoms. The van der Waals surface area contributed by atoms with Gasteiger partial charge in [-0.2, -0.15) is 0 Å². The topological polar surface area (TPSA) is 18.5 Å². The third kappa shape index (κ3) is 7.14. The highest BCUT2D eigenvalue weighted by Gasteiger charge is 2.03. The van der Waals surface area contributed by atoms with Crippen molar-refractivity contribution in [1.82, 2.24) is 0 Å². The molecular weight excluding hydrogens is 212 g/mol. The van der Waals surface area contributed by atoms with Crippen LogP contribution in [0.15, 0.2) is 30.3 Å². The van der Waals surface area contributed by atoms with Gasteiger partial charge in [0.25, 0.3) is 0 Å². The molecule has 0 radical (unpaired) electrons. The van der Waals surface area contributed by atoms with E-state index in [0.29, 0.717) is 5.92 Å². The van der Waals surface area contributed by atoms with Gasteiger partial charge in [0, 0.05) is 0 Å². The minimum atomic E-state index is -0.0897. The molecule has 0 saturated heterocycles. The zero-order valence-electron chi connectivity index (χ0n) is 11.2. The molecule has 1 rings (SSSR count). The van der Waals surface area contributed by atoms with Gasteiger partial charge in [-0.1, -0.05) is 44.2 Å². The van der Waals surface area contributed by atoms with Crippen molar-refractivity contribution in [3.63, 3.8) is 0 Å². The lowest BCUT2D eigenvalue weighted by molar-refractivity contribution is -0.136. The zero-order valence-corrected chi connectivity index (χ0v) is 11.2. The van der Waals surface area contributed by atoms with E-state index in [0.717, 1.165) is 26.1 Å². The van der Waals surface area contributed by atoms with E-state index in [9.17, 15) is 0 Å². The number of ether oxygens (including phenoxy) is 2. The van der Waals surface area contributed by atoms with Crippen LogP contribution in [-0.2, 0) is 15.9 Å². The number of aryl methyl sites for hydroxylation is 1. The van der Waals surface area contributed by atoms with Crippen LogP contribution in [0.5, 0.6) is 0 Å². The second-order valence-corrected chi connectivity index (χ2v) is 4.75. The largest absolute Gasteiger partial charge is 0.353 e. The molecule has 0 aliphatic rings. The van der Waals surface area contributed by atoms with Crippen molar-refractivity contribution < 1.29 is 9.47 Å². The van der Waals surface area contributed by atoms with Crippen LogP contribution in [0.2, 0.25) is 0 Å². The van der Waals surface area contributed by atoms with Gasteiger partial charge in [0.15, 0.2) is 6.29 Å². The summed E-state index contributed by atoms with van der Waals surface area (Å²) in [4.78, 5) is 0. The molecule has 0 fully saturated rings. The van der Waals surface area contributed by atoms with Gasteiger partial charge < -0.3 is 9.47 Å². The van der Waals surface area contributed by atoms with Crippen LogP contribution in [0.1, 0.15) is 32.8 Å². The number of benzene rings is 1. The Morgan fingerprint density at radius 3 is 2.35 bits per heavy atom. The Morgan fingerprint density at radius 1 is 1.00 bits per heavy atom. The highest BCUT2D eigenvalue weighted by molar-refractivity contribution is 5.14. The molecule has 0 spiro atoms. The summed E-state index contributed by atoms with van der Waals surface area (Å²) in [7, 11) is 0. The highest BCUT2D eigenvalue weighted by Crippen LogP contribution is 2.04. The molecule has 0 N–H and O–H groups in total. The van der Waals surface area contributed by atoms with Gasteiger partial charge in [0.05, 0.1) is 13.2 Å². The van der Waals surface area contributed by atoms with Crippen molar-refractivity contribution in [2.24, 2.45) is 5.92 Å². The molecule has 0 amide bonds. The Labute approximate surface area is 105 Å². The van der Waals surface area contributed by atoms with E-state index < -0.39 is 0 Å². The molecule has 0 saturated carbocycles. The monoisotopic (exact) mass is 236 g/mol. The van der Waals surface area contributed by atoms with E-state index in [1.54, 1.807) is 0 Å². The molecule has 0 bridgehead atoms. The fourth-order valence-corrected chi connectivity index (χ4v) is 1.55. The van der Waals surface area contributed by atoms with Crippen LogP contribution in [0, 0.1) is 5.92 Å². The maximum atomic E-state index is 5.59. The van der Waals surface area contributed by atoms with Gasteiger partial charge in [-0.15, -0.1) is 0 Å². The Balaban J connectivity index is 2.04. The van der Waals surface area contributed by atoms with Crippen LogP contribution in [0.25, 0.3) is 0 Å². The quantitative estimate of drug-likeness (QED) is 0.506. The average molecular weight is 236 g/mol. The first-order chi connectivity index (χ1) is 8.18. The van der Waals surface area contributed by atoms with Gasteiger partial charge >= 0.3 is 0 Å². The lowest BCUT2D eigenvalue weighted by Crippen LogP contribution is -2.17. The van der Waals surface area contributed by atoms with Gasteiger partial charge in [-0.25, -0.2) is 0 Å². The zero-order chi connectivity index (χ0) is 12.5. The summed E-state index contributed by atoms with van der Waals surface area (Å²) in [5, 5.41) is 0. The molecule has 1 atom stereocenters. The molecule has 1 aromatic rings. The predicted octanol–water partition coefficient (Wildman–Crippen LogP) is 3.65. The maximum absolute atomic E-state index is 5.59. The van der Waals surface area contributed by atoms with E-state index in [1.807, 2.05) is 13.0 Å². The number of hydrogen-bond donors (Lipinski definition) is 0. The van der Waals surface area contributed by atoms with E-state index in [2.05, 4.69) is 38.1 Å². The molecular formula is C15H24O2. The molecule has 96 valence electrons. The number of rotatable bonds is 8. The molecule has 2 nitrogen and oxygen atoms in total. The van der Waals surface area contributed by atoms with Gasteiger partial charge in [0.2, 0.25) is 0 Å². The summed E-state index contributed by atoms with van der Waals surface area (Å²) in [6.07, 6.45) is 2.02. The van der Waals surface area contributed by atoms with Crippen LogP contribution in [0.4, 0.5) is 0 Å². The third-order valence-electron chi connectivity index (χ3n) is 2.47. The van der Waals surface area contributed by atoms with E-state index in [1.165, 1.54) is 5.56 Å². The smallest absolute Gasteiger partial charge is 0.154 e. The maximum Gasteiger partial charge on any atom is 0.154 e. The van der Waals surface area contributed by atoms with Crippen molar-refractivity contribution in [3.05, 3.63) is 35.9 Å². The first-order valence-corrected chi connectivity index (χ1v) is 6.45. The van der Waals surface area contributed by atoms with Crippen molar-refractivity contribution in [2.75, 3.05) is 13.2 Å². The molecule has 1 unspecified atom stereocenters. The van der Waals surface area contributed by atoms with Crippen molar-refractivity contribution >= 4 is 0 Å². The first kappa shape index (κ1) is 14.2. The second kappa shape index (κ2) is 8.26. The van der Waals surface area contributed by atoms with Crippen LogP contribution in [-0.4, -0.2) is 19.5 Å². The first-order valence-electron chi connectivity index (χ1n) is 6.45. The van der Waals surface area contributed by atoms with E-state index >= 15 is 0 Å². The fraction of sp³-hybridized carbons (Fsp3) is 0.600. The normalized spacial score (nSPS) is 12.9. The summed E-state index contributed by atoms with van der Waals surface area (Å²) < 4.78 is 11.1. The van der Waals surface area contributed by atoms with E-state index in [4.69, 9.17) is 9.47 Å². The summed E-state index contributed by atoms with van der Waals surface area (Å²) in [5.41, 5.74) is 1.37. The average Bonchev–Trinajstić information content (AvgIpc) is 2.33. The Kier molecular flexibility index (Phi) is 6.90. The van der Waals surface area contributed by atoms with Crippen LogP contribution in [0.3, 0.4) is 0 Å². The standard InChI is InChI=1S/C15H24O2/c1-13(2)12-17-14(3)16-11-7-10-15-8-5-4-6-9-15/h4-6,8-9,13-14H,7,10-12H2,1-3H3. The molecule has 0 aromatic heterocycles. The summed E-state index contributed by atoms with van der Waals surface area (Å²) in [6, 6.07) is 10.5. The number of hydrogen-bond acceptors (Lipinski definition) is 2.